The Morgan fingerprint density at radius 1 is 1.38 bits per heavy atom. The van der Waals surface area contributed by atoms with Gasteiger partial charge in [-0.2, -0.15) is 17.5 Å². The summed E-state index contributed by atoms with van der Waals surface area (Å²) in [5, 5.41) is 8.83. The van der Waals surface area contributed by atoms with Crippen LogP contribution in [0.15, 0.2) is 23.1 Å². The highest BCUT2D eigenvalue weighted by molar-refractivity contribution is 7.89. The first-order valence-corrected chi connectivity index (χ1v) is 8.89. The van der Waals surface area contributed by atoms with Crippen molar-refractivity contribution >= 4 is 27.6 Å². The minimum Gasteiger partial charge on any atom is -0.481 e. The first-order valence-electron chi connectivity index (χ1n) is 7.07. The Balaban J connectivity index is 2.49. The molecule has 2 atom stereocenters. The molecule has 0 spiro atoms. The molecule has 1 fully saturated rings. The van der Waals surface area contributed by atoms with Gasteiger partial charge in [-0.3, -0.25) is 4.79 Å². The number of aliphatic carboxylic acids is 1. The van der Waals surface area contributed by atoms with Gasteiger partial charge < -0.3 is 5.11 Å². The van der Waals surface area contributed by atoms with Gasteiger partial charge in [0, 0.05) is 12.6 Å². The fourth-order valence-electron chi connectivity index (χ4n) is 2.79. The number of sulfonamides is 1. The molecule has 0 aliphatic carbocycles. The average molecular weight is 386 g/mol. The summed E-state index contributed by atoms with van der Waals surface area (Å²) in [5.74, 6) is -2.06. The van der Waals surface area contributed by atoms with E-state index in [-0.39, 0.29) is 11.6 Å². The van der Waals surface area contributed by atoms with Crippen LogP contribution in [0, 0.1) is 5.92 Å². The van der Waals surface area contributed by atoms with Crippen LogP contribution in [0.25, 0.3) is 0 Å². The van der Waals surface area contributed by atoms with Crippen molar-refractivity contribution in [2.24, 2.45) is 5.92 Å². The number of piperidine rings is 1. The Kier molecular flexibility index (Phi) is 5.17. The zero-order chi connectivity index (χ0) is 18.3. The molecule has 0 bridgehead atoms. The Morgan fingerprint density at radius 2 is 2.00 bits per heavy atom. The van der Waals surface area contributed by atoms with E-state index >= 15 is 0 Å². The summed E-state index contributed by atoms with van der Waals surface area (Å²) in [6.07, 6.45) is -4.11. The standard InChI is InChI=1S/C14H15ClF3NO4S/c1-8-10(13(20)21)3-2-6-19(8)24(22,23)12-7-9(14(16,17)18)4-5-11(12)15/h4-5,7-8,10H,2-3,6H2,1H3,(H,20,21)/t8-,10-/m1/s1. The number of halogens is 4. The number of rotatable bonds is 3. The lowest BCUT2D eigenvalue weighted by Gasteiger charge is -2.36. The van der Waals surface area contributed by atoms with Crippen molar-refractivity contribution in [3.8, 4) is 0 Å². The summed E-state index contributed by atoms with van der Waals surface area (Å²) in [6.45, 7) is 1.46. The van der Waals surface area contributed by atoms with Gasteiger partial charge in [-0.15, -0.1) is 0 Å². The lowest BCUT2D eigenvalue weighted by atomic mass is 9.92. The second kappa shape index (κ2) is 6.53. The highest BCUT2D eigenvalue weighted by atomic mass is 35.5. The molecular weight excluding hydrogens is 371 g/mol. The predicted octanol–water partition coefficient (Wildman–Crippen LogP) is 3.23. The molecule has 1 aliphatic rings. The molecule has 5 nitrogen and oxygen atoms in total. The summed E-state index contributed by atoms with van der Waals surface area (Å²) in [6, 6.07) is 1.17. The van der Waals surface area contributed by atoms with Gasteiger partial charge in [0.25, 0.3) is 0 Å². The molecule has 134 valence electrons. The number of carboxylic acid groups (broad SMARTS) is 1. The van der Waals surface area contributed by atoms with E-state index in [0.717, 1.165) is 10.4 Å². The van der Waals surface area contributed by atoms with Gasteiger partial charge in [-0.1, -0.05) is 11.6 Å². The summed E-state index contributed by atoms with van der Waals surface area (Å²) < 4.78 is 64.9. The van der Waals surface area contributed by atoms with E-state index < -0.39 is 44.6 Å². The van der Waals surface area contributed by atoms with E-state index in [1.54, 1.807) is 0 Å². The number of hydrogen-bond donors (Lipinski definition) is 1. The fourth-order valence-corrected chi connectivity index (χ4v) is 4.99. The summed E-state index contributed by atoms with van der Waals surface area (Å²) in [7, 11) is -4.35. The Hall–Kier alpha value is -1.32. The molecule has 1 aliphatic heterocycles. The number of benzene rings is 1. The second-order valence-corrected chi connectivity index (χ2v) is 7.85. The molecule has 0 saturated carbocycles. The van der Waals surface area contributed by atoms with E-state index in [4.69, 9.17) is 11.6 Å². The maximum atomic E-state index is 12.8. The van der Waals surface area contributed by atoms with Gasteiger partial charge in [-0.05, 0) is 38.0 Å². The zero-order valence-corrected chi connectivity index (χ0v) is 14.1. The Bertz CT molecular complexity index is 751. The number of carbonyl (C=O) groups is 1. The van der Waals surface area contributed by atoms with Crippen molar-refractivity contribution in [2.45, 2.75) is 36.9 Å². The van der Waals surface area contributed by atoms with Gasteiger partial charge in [0.2, 0.25) is 10.0 Å². The Morgan fingerprint density at radius 3 is 2.54 bits per heavy atom. The molecule has 0 unspecified atom stereocenters. The SMILES string of the molecule is C[C@@H]1[C@H](C(=O)O)CCCN1S(=O)(=O)c1cc(C(F)(F)F)ccc1Cl. The average Bonchev–Trinajstić information content (AvgIpc) is 2.45. The minimum absolute atomic E-state index is 0.0276. The van der Waals surface area contributed by atoms with Crippen molar-refractivity contribution in [2.75, 3.05) is 6.54 Å². The van der Waals surface area contributed by atoms with Crippen LogP contribution >= 0.6 is 11.6 Å². The van der Waals surface area contributed by atoms with Crippen molar-refractivity contribution in [1.29, 1.82) is 0 Å². The van der Waals surface area contributed by atoms with Gasteiger partial charge in [0.15, 0.2) is 0 Å². The molecule has 0 aromatic heterocycles. The molecule has 1 saturated heterocycles. The molecule has 1 heterocycles. The smallest absolute Gasteiger partial charge is 0.416 e. The van der Waals surface area contributed by atoms with Gasteiger partial charge in [0.1, 0.15) is 4.90 Å². The molecule has 1 N–H and O–H groups in total. The predicted molar refractivity (Wildman–Crippen MR) is 80.2 cm³/mol. The highest BCUT2D eigenvalue weighted by Gasteiger charge is 2.41. The van der Waals surface area contributed by atoms with E-state index in [9.17, 15) is 31.5 Å². The Labute approximate surface area is 142 Å². The van der Waals surface area contributed by atoms with Crippen LogP contribution in [0.1, 0.15) is 25.3 Å². The summed E-state index contributed by atoms with van der Waals surface area (Å²) in [5.41, 5.74) is -1.13. The normalized spacial score (nSPS) is 23.2. The van der Waals surface area contributed by atoms with Gasteiger partial charge >= 0.3 is 12.1 Å². The fraction of sp³-hybridized carbons (Fsp3) is 0.500. The van der Waals surface area contributed by atoms with Crippen LogP contribution in [0.5, 0.6) is 0 Å². The summed E-state index contributed by atoms with van der Waals surface area (Å²) in [4.78, 5) is 10.6. The quantitative estimate of drug-likeness (QED) is 0.866. The van der Waals surface area contributed by atoms with E-state index in [1.807, 2.05) is 0 Å². The first-order chi connectivity index (χ1) is 11.0. The third-order valence-corrected chi connectivity index (χ3v) is 6.56. The van der Waals surface area contributed by atoms with Crippen LogP contribution in [0.3, 0.4) is 0 Å². The molecule has 0 amide bonds. The highest BCUT2D eigenvalue weighted by Crippen LogP contribution is 2.36. The molecule has 0 radical (unpaired) electrons. The molecule has 2 rings (SSSR count). The topological polar surface area (TPSA) is 74.7 Å². The molecule has 1 aromatic rings. The number of nitrogens with zero attached hydrogens (tertiary/aromatic N) is 1. The van der Waals surface area contributed by atoms with Crippen LogP contribution in [0.2, 0.25) is 5.02 Å². The van der Waals surface area contributed by atoms with Crippen LogP contribution < -0.4 is 0 Å². The molecule has 10 heteroatoms. The van der Waals surface area contributed by atoms with Gasteiger partial charge in [-0.25, -0.2) is 8.42 Å². The van der Waals surface area contributed by atoms with Crippen molar-refractivity contribution in [1.82, 2.24) is 4.31 Å². The minimum atomic E-state index is -4.72. The van der Waals surface area contributed by atoms with Crippen LogP contribution in [-0.2, 0) is 21.0 Å². The lowest BCUT2D eigenvalue weighted by molar-refractivity contribution is -0.144. The third kappa shape index (κ3) is 3.52. The maximum Gasteiger partial charge on any atom is 0.416 e. The monoisotopic (exact) mass is 385 g/mol. The number of hydrogen-bond acceptors (Lipinski definition) is 3. The van der Waals surface area contributed by atoms with E-state index in [1.165, 1.54) is 6.92 Å². The van der Waals surface area contributed by atoms with E-state index in [0.29, 0.717) is 25.0 Å². The first kappa shape index (κ1) is 19.0. The maximum absolute atomic E-state index is 12.8. The second-order valence-electron chi connectivity index (χ2n) is 5.59. The molecule has 1 aromatic carbocycles. The van der Waals surface area contributed by atoms with Crippen LogP contribution in [-0.4, -0.2) is 36.4 Å². The van der Waals surface area contributed by atoms with Gasteiger partial charge in [0.05, 0.1) is 16.5 Å². The molecule has 24 heavy (non-hydrogen) atoms. The van der Waals surface area contributed by atoms with E-state index in [2.05, 4.69) is 0 Å². The largest absolute Gasteiger partial charge is 0.481 e. The van der Waals surface area contributed by atoms with Crippen molar-refractivity contribution < 1.29 is 31.5 Å². The van der Waals surface area contributed by atoms with Crippen molar-refractivity contribution in [3.05, 3.63) is 28.8 Å². The number of carboxylic acids is 1. The lowest BCUT2D eigenvalue weighted by Crippen LogP contribution is -2.49. The van der Waals surface area contributed by atoms with Crippen LogP contribution in [0.4, 0.5) is 13.2 Å². The number of alkyl halides is 3. The summed E-state index contributed by atoms with van der Waals surface area (Å²) >= 11 is 5.81. The zero-order valence-electron chi connectivity index (χ0n) is 12.5. The third-order valence-electron chi connectivity index (χ3n) is 4.09. The molecular formula is C14H15ClF3NO4S. The van der Waals surface area contributed by atoms with Crippen molar-refractivity contribution in [3.63, 3.8) is 0 Å².